The predicted octanol–water partition coefficient (Wildman–Crippen LogP) is 3.63. The number of hydrogen-bond acceptors (Lipinski definition) is 5. The fourth-order valence-electron chi connectivity index (χ4n) is 3.83. The van der Waals surface area contributed by atoms with Crippen LogP contribution in [0, 0.1) is 11.3 Å². The highest BCUT2D eigenvalue weighted by molar-refractivity contribution is 5.68. The van der Waals surface area contributed by atoms with Gasteiger partial charge in [0, 0.05) is 44.5 Å². The maximum Gasteiger partial charge on any atom is 0.410 e. The number of carbonyl (C=O) groups is 1. The van der Waals surface area contributed by atoms with Crippen molar-refractivity contribution in [2.45, 2.75) is 65.4 Å². The van der Waals surface area contributed by atoms with Crippen molar-refractivity contribution < 1.29 is 9.53 Å². The number of benzene rings is 1. The first-order valence-electron chi connectivity index (χ1n) is 10.4. The lowest BCUT2D eigenvalue weighted by molar-refractivity contribution is -0.0102. The van der Waals surface area contributed by atoms with Crippen LogP contribution in [0.15, 0.2) is 36.8 Å². The minimum Gasteiger partial charge on any atom is -0.444 e. The molecule has 0 saturated carbocycles. The van der Waals surface area contributed by atoms with Crippen LogP contribution in [0.4, 0.5) is 4.79 Å². The number of rotatable bonds is 4. The molecule has 2 atom stereocenters. The molecule has 0 N–H and O–H groups in total. The molecule has 7 heteroatoms. The van der Waals surface area contributed by atoms with Crippen molar-refractivity contribution in [2.24, 2.45) is 0 Å². The van der Waals surface area contributed by atoms with Gasteiger partial charge in [0.15, 0.2) is 0 Å². The lowest BCUT2D eigenvalue weighted by Crippen LogP contribution is -2.58. The summed E-state index contributed by atoms with van der Waals surface area (Å²) in [4.78, 5) is 21.1. The molecule has 2 aromatic rings. The Balaban J connectivity index is 1.65. The van der Waals surface area contributed by atoms with Crippen LogP contribution < -0.4 is 0 Å². The van der Waals surface area contributed by atoms with Crippen LogP contribution >= 0.6 is 0 Å². The van der Waals surface area contributed by atoms with Crippen molar-refractivity contribution in [3.63, 3.8) is 0 Å². The Morgan fingerprint density at radius 1 is 1.17 bits per heavy atom. The smallest absolute Gasteiger partial charge is 0.410 e. The molecule has 7 nitrogen and oxygen atoms in total. The number of carbonyl (C=O) groups excluding carboxylic acids is 1. The zero-order valence-electron chi connectivity index (χ0n) is 18.5. The maximum absolute atomic E-state index is 12.5. The second-order valence-corrected chi connectivity index (χ2v) is 9.08. The van der Waals surface area contributed by atoms with Crippen LogP contribution in [0.5, 0.6) is 0 Å². The third-order valence-electron chi connectivity index (χ3n) is 5.33. The van der Waals surface area contributed by atoms with Gasteiger partial charge < -0.3 is 14.2 Å². The van der Waals surface area contributed by atoms with Gasteiger partial charge in [-0.15, -0.1) is 0 Å². The Morgan fingerprint density at radius 3 is 2.37 bits per heavy atom. The van der Waals surface area contributed by atoms with Gasteiger partial charge in [-0.1, -0.05) is 12.1 Å². The molecule has 1 aromatic carbocycles. The van der Waals surface area contributed by atoms with Crippen LogP contribution in [0.2, 0.25) is 0 Å². The number of aromatic nitrogens is 2. The number of ether oxygens (including phenoxy) is 1. The Kier molecular flexibility index (Phi) is 6.47. The van der Waals surface area contributed by atoms with Gasteiger partial charge in [0.2, 0.25) is 0 Å². The fourth-order valence-corrected chi connectivity index (χ4v) is 3.83. The van der Waals surface area contributed by atoms with Gasteiger partial charge in [-0.3, -0.25) is 4.90 Å². The number of amides is 1. The summed E-state index contributed by atoms with van der Waals surface area (Å²) in [7, 11) is 0. The van der Waals surface area contributed by atoms with Crippen molar-refractivity contribution >= 4 is 6.09 Å². The molecule has 0 bridgehead atoms. The van der Waals surface area contributed by atoms with Crippen molar-refractivity contribution in [1.82, 2.24) is 19.4 Å². The molecular weight excluding hydrogens is 378 g/mol. The highest BCUT2D eigenvalue weighted by Crippen LogP contribution is 2.21. The number of hydrogen-bond donors (Lipinski definition) is 0. The van der Waals surface area contributed by atoms with Gasteiger partial charge in [0.1, 0.15) is 5.60 Å². The van der Waals surface area contributed by atoms with Crippen LogP contribution in [0.25, 0.3) is 0 Å². The summed E-state index contributed by atoms with van der Waals surface area (Å²) < 4.78 is 7.69. The molecule has 30 heavy (non-hydrogen) atoms. The lowest BCUT2D eigenvalue weighted by Gasteiger charge is -2.44. The third-order valence-corrected chi connectivity index (χ3v) is 5.33. The average molecular weight is 410 g/mol. The van der Waals surface area contributed by atoms with Gasteiger partial charge in [0.25, 0.3) is 0 Å². The molecule has 1 aliphatic rings. The van der Waals surface area contributed by atoms with Gasteiger partial charge in [-0.2, -0.15) is 5.26 Å². The maximum atomic E-state index is 12.5. The monoisotopic (exact) mass is 409 g/mol. The molecular formula is C23H31N5O2. The molecule has 3 rings (SSSR count). The second-order valence-electron chi connectivity index (χ2n) is 9.08. The van der Waals surface area contributed by atoms with Crippen LogP contribution in [-0.2, 0) is 17.8 Å². The first-order chi connectivity index (χ1) is 14.2. The van der Waals surface area contributed by atoms with Crippen molar-refractivity contribution in [2.75, 3.05) is 13.1 Å². The average Bonchev–Trinajstić information content (AvgIpc) is 3.10. The predicted molar refractivity (Wildman–Crippen MR) is 115 cm³/mol. The molecule has 1 amide bonds. The van der Waals surface area contributed by atoms with E-state index in [9.17, 15) is 4.79 Å². The number of imidazole rings is 1. The molecule has 1 saturated heterocycles. The minimum atomic E-state index is -0.487. The van der Waals surface area contributed by atoms with Gasteiger partial charge in [-0.05, 0) is 52.3 Å². The molecule has 1 aliphatic heterocycles. The summed E-state index contributed by atoms with van der Waals surface area (Å²) in [6.45, 7) is 12.7. The first kappa shape index (κ1) is 21.8. The van der Waals surface area contributed by atoms with E-state index < -0.39 is 5.60 Å². The van der Waals surface area contributed by atoms with E-state index in [1.165, 1.54) is 0 Å². The number of nitriles is 1. The van der Waals surface area contributed by atoms with E-state index >= 15 is 0 Å². The van der Waals surface area contributed by atoms with Crippen LogP contribution in [-0.4, -0.2) is 56.2 Å². The zero-order chi connectivity index (χ0) is 21.9. The van der Waals surface area contributed by atoms with E-state index in [-0.39, 0.29) is 18.2 Å². The molecule has 1 aromatic heterocycles. The first-order valence-corrected chi connectivity index (χ1v) is 10.4. The van der Waals surface area contributed by atoms with E-state index in [0.29, 0.717) is 25.2 Å². The summed E-state index contributed by atoms with van der Waals surface area (Å²) in [5.74, 6) is 0. The molecule has 0 spiro atoms. The quantitative estimate of drug-likeness (QED) is 0.771. The molecule has 160 valence electrons. The standard InChI is InChI=1S/C23H31N5O2/c1-17-12-26(22(29)30-23(3,4)5)13-18(2)28(17)15-21-11-25-16-27(21)14-20-8-6-19(10-24)7-9-20/h6-9,11,16-18H,12-15H2,1-5H3. The van der Waals surface area contributed by atoms with E-state index in [2.05, 4.69) is 34.4 Å². The highest BCUT2D eigenvalue weighted by atomic mass is 16.6. The Morgan fingerprint density at radius 2 is 1.80 bits per heavy atom. The van der Waals surface area contributed by atoms with Crippen molar-refractivity contribution in [3.8, 4) is 6.07 Å². The Labute approximate surface area is 178 Å². The van der Waals surface area contributed by atoms with Gasteiger partial charge in [-0.25, -0.2) is 9.78 Å². The largest absolute Gasteiger partial charge is 0.444 e. The molecule has 0 radical (unpaired) electrons. The second kappa shape index (κ2) is 8.88. The summed E-state index contributed by atoms with van der Waals surface area (Å²) in [6.07, 6.45) is 3.51. The zero-order valence-corrected chi connectivity index (χ0v) is 18.5. The fraction of sp³-hybridized carbons (Fsp3) is 0.522. The van der Waals surface area contributed by atoms with Gasteiger partial charge in [0.05, 0.1) is 23.7 Å². The summed E-state index contributed by atoms with van der Waals surface area (Å²) in [5.41, 5.74) is 2.43. The van der Waals surface area contributed by atoms with E-state index in [4.69, 9.17) is 10.00 Å². The highest BCUT2D eigenvalue weighted by Gasteiger charge is 2.34. The Bertz CT molecular complexity index is 895. The summed E-state index contributed by atoms with van der Waals surface area (Å²) >= 11 is 0. The van der Waals surface area contributed by atoms with Crippen molar-refractivity contribution in [1.29, 1.82) is 5.26 Å². The van der Waals surface area contributed by atoms with Crippen LogP contribution in [0.3, 0.4) is 0 Å². The molecule has 2 unspecified atom stereocenters. The molecule has 1 fully saturated rings. The van der Waals surface area contributed by atoms with E-state index in [1.807, 2.05) is 62.5 Å². The lowest BCUT2D eigenvalue weighted by atomic mass is 10.1. The Hall–Kier alpha value is -2.85. The molecule has 0 aliphatic carbocycles. The number of nitrogens with zero attached hydrogens (tertiary/aromatic N) is 5. The van der Waals surface area contributed by atoms with E-state index in [1.54, 1.807) is 0 Å². The summed E-state index contributed by atoms with van der Waals surface area (Å²) in [6, 6.07) is 10.2. The topological polar surface area (TPSA) is 74.4 Å². The number of piperazine rings is 1. The van der Waals surface area contributed by atoms with Crippen LogP contribution in [0.1, 0.15) is 51.4 Å². The SMILES string of the molecule is CC1CN(C(=O)OC(C)(C)C)CC(C)N1Cc1cncn1Cc1ccc(C#N)cc1. The third kappa shape index (κ3) is 5.39. The van der Waals surface area contributed by atoms with E-state index in [0.717, 1.165) is 17.8 Å². The minimum absolute atomic E-state index is 0.208. The van der Waals surface area contributed by atoms with Crippen molar-refractivity contribution in [3.05, 3.63) is 53.6 Å². The van der Waals surface area contributed by atoms with Gasteiger partial charge >= 0.3 is 6.09 Å². The molecule has 2 heterocycles. The summed E-state index contributed by atoms with van der Waals surface area (Å²) in [5, 5.41) is 8.97. The normalized spacial score (nSPS) is 20.1.